The second kappa shape index (κ2) is 11.7. The molecule has 1 rings (SSSR count). The lowest BCUT2D eigenvalue weighted by atomic mass is 10.1. The molecule has 1 heterocycles. The van der Waals surface area contributed by atoms with E-state index < -0.39 is 5.97 Å². The molecule has 1 aliphatic heterocycles. The molecule has 1 saturated heterocycles. The molecule has 4 nitrogen and oxygen atoms in total. The van der Waals surface area contributed by atoms with Gasteiger partial charge in [0.15, 0.2) is 0 Å². The summed E-state index contributed by atoms with van der Waals surface area (Å²) in [6.07, 6.45) is 14.6. The predicted octanol–water partition coefficient (Wildman–Crippen LogP) is 2.73. The summed E-state index contributed by atoms with van der Waals surface area (Å²) in [5, 5.41) is 20.0. The van der Waals surface area contributed by atoms with E-state index in [0.29, 0.717) is 6.10 Å². The molecular formula is C18H31O4-. The molecule has 0 aromatic carbocycles. The van der Waals surface area contributed by atoms with E-state index in [0.717, 1.165) is 51.4 Å². The maximum atomic E-state index is 10.3. The highest BCUT2D eigenvalue weighted by atomic mass is 16.6. The van der Waals surface area contributed by atoms with Gasteiger partial charge in [-0.2, -0.15) is 0 Å². The second-order valence-electron chi connectivity index (χ2n) is 6.27. The highest BCUT2D eigenvalue weighted by Gasteiger charge is 2.35. The van der Waals surface area contributed by atoms with Crippen molar-refractivity contribution in [3.8, 4) is 0 Å². The Balaban J connectivity index is 1.92. The zero-order valence-corrected chi connectivity index (χ0v) is 13.8. The molecule has 0 spiro atoms. The van der Waals surface area contributed by atoms with E-state index in [1.807, 2.05) is 12.2 Å². The van der Waals surface area contributed by atoms with Gasteiger partial charge >= 0.3 is 0 Å². The number of epoxide rings is 1. The standard InChI is InChI=1S/C18H32O4/c1-2-3-7-10-15(19)13-14-17-16(22-17)11-8-5-4-6-9-12-18(20)21/h13-17,19H,2-12H2,1H3,(H,20,21)/p-1/b14-13+. The van der Waals surface area contributed by atoms with Crippen LogP contribution in [-0.2, 0) is 9.53 Å². The summed E-state index contributed by atoms with van der Waals surface area (Å²) in [6, 6.07) is 0. The minimum atomic E-state index is -0.946. The minimum Gasteiger partial charge on any atom is -0.550 e. The van der Waals surface area contributed by atoms with Crippen LogP contribution in [0.4, 0.5) is 0 Å². The summed E-state index contributed by atoms with van der Waals surface area (Å²) in [5.74, 6) is -0.946. The van der Waals surface area contributed by atoms with Crippen molar-refractivity contribution in [2.24, 2.45) is 0 Å². The van der Waals surface area contributed by atoms with E-state index in [1.54, 1.807) is 0 Å². The van der Waals surface area contributed by atoms with Crippen LogP contribution in [0, 0.1) is 0 Å². The first-order chi connectivity index (χ1) is 10.6. The van der Waals surface area contributed by atoms with Crippen molar-refractivity contribution in [2.75, 3.05) is 0 Å². The van der Waals surface area contributed by atoms with Gasteiger partial charge in [-0.1, -0.05) is 64.0 Å². The summed E-state index contributed by atoms with van der Waals surface area (Å²) >= 11 is 0. The molecule has 0 amide bonds. The zero-order chi connectivity index (χ0) is 16.2. The maximum Gasteiger partial charge on any atom is 0.102 e. The highest BCUT2D eigenvalue weighted by molar-refractivity contribution is 5.63. The van der Waals surface area contributed by atoms with Gasteiger partial charge in [0, 0.05) is 5.97 Å². The average molecular weight is 311 g/mol. The summed E-state index contributed by atoms with van der Waals surface area (Å²) in [7, 11) is 0. The number of aliphatic carboxylic acids is 1. The summed E-state index contributed by atoms with van der Waals surface area (Å²) < 4.78 is 5.57. The van der Waals surface area contributed by atoms with Gasteiger partial charge in [-0.25, -0.2) is 0 Å². The number of aliphatic hydroxyl groups excluding tert-OH is 1. The zero-order valence-electron chi connectivity index (χ0n) is 13.8. The fourth-order valence-electron chi connectivity index (χ4n) is 2.64. The molecule has 1 aliphatic rings. The number of carboxylic acids is 1. The second-order valence-corrected chi connectivity index (χ2v) is 6.27. The number of aliphatic hydroxyl groups is 1. The van der Waals surface area contributed by atoms with E-state index >= 15 is 0 Å². The van der Waals surface area contributed by atoms with Crippen molar-refractivity contribution in [2.45, 2.75) is 95.9 Å². The van der Waals surface area contributed by atoms with Gasteiger partial charge < -0.3 is 19.7 Å². The van der Waals surface area contributed by atoms with Gasteiger partial charge in [-0.15, -0.1) is 0 Å². The lowest BCUT2D eigenvalue weighted by molar-refractivity contribution is -0.305. The fraction of sp³-hybridized carbons (Fsp3) is 0.833. The molecule has 1 fully saturated rings. The van der Waals surface area contributed by atoms with Crippen molar-refractivity contribution in [1.82, 2.24) is 0 Å². The predicted molar refractivity (Wildman–Crippen MR) is 85.3 cm³/mol. The molecule has 0 saturated carbocycles. The third-order valence-corrected chi connectivity index (χ3v) is 4.12. The van der Waals surface area contributed by atoms with Gasteiger partial charge in [-0.3, -0.25) is 0 Å². The lowest BCUT2D eigenvalue weighted by Crippen LogP contribution is -2.21. The summed E-state index contributed by atoms with van der Waals surface area (Å²) in [6.45, 7) is 2.16. The Bertz CT molecular complexity index is 327. The number of hydrogen-bond acceptors (Lipinski definition) is 4. The van der Waals surface area contributed by atoms with Crippen molar-refractivity contribution >= 4 is 5.97 Å². The van der Waals surface area contributed by atoms with Crippen molar-refractivity contribution < 1.29 is 19.7 Å². The Morgan fingerprint density at radius 2 is 1.91 bits per heavy atom. The molecular weight excluding hydrogens is 280 g/mol. The third-order valence-electron chi connectivity index (χ3n) is 4.12. The summed E-state index contributed by atoms with van der Waals surface area (Å²) in [4.78, 5) is 10.3. The maximum absolute atomic E-state index is 10.3. The SMILES string of the molecule is CCCCCC(O)/C=C/C1OC1CCCCCCCC(=O)[O-]. The Morgan fingerprint density at radius 3 is 2.64 bits per heavy atom. The van der Waals surface area contributed by atoms with Gasteiger partial charge in [0.2, 0.25) is 0 Å². The Hall–Kier alpha value is -0.870. The normalized spacial score (nSPS) is 22.1. The molecule has 128 valence electrons. The van der Waals surface area contributed by atoms with Crippen LogP contribution in [0.25, 0.3) is 0 Å². The molecule has 0 bridgehead atoms. The number of rotatable bonds is 14. The van der Waals surface area contributed by atoms with Crippen LogP contribution in [0.3, 0.4) is 0 Å². The van der Waals surface area contributed by atoms with Crippen LogP contribution < -0.4 is 5.11 Å². The quantitative estimate of drug-likeness (QED) is 0.304. The first kappa shape index (κ1) is 19.2. The van der Waals surface area contributed by atoms with Crippen molar-refractivity contribution in [3.05, 3.63) is 12.2 Å². The van der Waals surface area contributed by atoms with E-state index in [-0.39, 0.29) is 18.6 Å². The fourth-order valence-corrected chi connectivity index (χ4v) is 2.64. The molecule has 1 N–H and O–H groups in total. The molecule has 3 unspecified atom stereocenters. The van der Waals surface area contributed by atoms with Crippen LogP contribution in [-0.4, -0.2) is 29.4 Å². The Labute approximate surface area is 134 Å². The van der Waals surface area contributed by atoms with Gasteiger partial charge in [-0.05, 0) is 25.7 Å². The summed E-state index contributed by atoms with van der Waals surface area (Å²) in [5.41, 5.74) is 0. The highest BCUT2D eigenvalue weighted by Crippen LogP contribution is 2.29. The monoisotopic (exact) mass is 311 g/mol. The number of carbonyl (C=O) groups excluding carboxylic acids is 1. The number of ether oxygens (including phenoxy) is 1. The van der Waals surface area contributed by atoms with Crippen LogP contribution >= 0.6 is 0 Å². The van der Waals surface area contributed by atoms with Crippen LogP contribution in [0.1, 0.15) is 77.6 Å². The number of hydrogen-bond donors (Lipinski definition) is 1. The van der Waals surface area contributed by atoms with Gasteiger partial charge in [0.25, 0.3) is 0 Å². The third kappa shape index (κ3) is 9.96. The average Bonchev–Trinajstić information content (AvgIpc) is 3.22. The first-order valence-electron chi connectivity index (χ1n) is 8.85. The van der Waals surface area contributed by atoms with E-state index in [2.05, 4.69) is 6.92 Å². The topological polar surface area (TPSA) is 72.9 Å². The minimum absolute atomic E-state index is 0.180. The van der Waals surface area contributed by atoms with E-state index in [1.165, 1.54) is 12.8 Å². The molecule has 0 aromatic rings. The first-order valence-corrected chi connectivity index (χ1v) is 8.85. The molecule has 0 aromatic heterocycles. The Morgan fingerprint density at radius 1 is 1.18 bits per heavy atom. The number of unbranched alkanes of at least 4 members (excludes halogenated alkanes) is 6. The van der Waals surface area contributed by atoms with Gasteiger partial charge in [0.05, 0.1) is 12.2 Å². The smallest absolute Gasteiger partial charge is 0.102 e. The van der Waals surface area contributed by atoms with E-state index in [9.17, 15) is 15.0 Å². The number of carbonyl (C=O) groups is 1. The van der Waals surface area contributed by atoms with Crippen LogP contribution in [0.2, 0.25) is 0 Å². The van der Waals surface area contributed by atoms with E-state index in [4.69, 9.17) is 4.74 Å². The van der Waals surface area contributed by atoms with Crippen molar-refractivity contribution in [1.29, 1.82) is 0 Å². The number of carboxylic acid groups (broad SMARTS) is 1. The molecule has 4 heteroatoms. The van der Waals surface area contributed by atoms with Crippen LogP contribution in [0.15, 0.2) is 12.2 Å². The molecule has 0 aliphatic carbocycles. The van der Waals surface area contributed by atoms with Crippen molar-refractivity contribution in [3.63, 3.8) is 0 Å². The molecule has 3 atom stereocenters. The van der Waals surface area contributed by atoms with Gasteiger partial charge in [0.1, 0.15) is 6.10 Å². The Kier molecular flexibility index (Phi) is 10.2. The molecule has 22 heavy (non-hydrogen) atoms. The largest absolute Gasteiger partial charge is 0.550 e. The molecule has 0 radical (unpaired) electrons. The van der Waals surface area contributed by atoms with Crippen LogP contribution in [0.5, 0.6) is 0 Å². The lowest BCUT2D eigenvalue weighted by Gasteiger charge is -2.03.